The van der Waals surface area contributed by atoms with Gasteiger partial charge < -0.3 is 23.7 Å². The van der Waals surface area contributed by atoms with Crippen LogP contribution in [0.1, 0.15) is 107 Å². The summed E-state index contributed by atoms with van der Waals surface area (Å²) in [5, 5.41) is 0. The van der Waals surface area contributed by atoms with E-state index in [0.717, 1.165) is 60.8 Å². The van der Waals surface area contributed by atoms with Gasteiger partial charge in [-0.05, 0) is 48.6 Å². The van der Waals surface area contributed by atoms with Crippen molar-refractivity contribution in [3.8, 4) is 34.1 Å². The lowest BCUT2D eigenvalue weighted by Crippen LogP contribution is -2.35. The Hall–Kier alpha value is -2.89. The van der Waals surface area contributed by atoms with Crippen molar-refractivity contribution in [1.29, 1.82) is 0 Å². The van der Waals surface area contributed by atoms with Crippen LogP contribution >= 0.6 is 0 Å². The van der Waals surface area contributed by atoms with E-state index in [-0.39, 0.29) is 34.2 Å². The smallest absolute Gasteiger partial charge is 0.339 e. The van der Waals surface area contributed by atoms with Crippen molar-refractivity contribution in [3.63, 3.8) is 0 Å². The number of carbonyl (C=O) groups excluding carboxylic acids is 1. The van der Waals surface area contributed by atoms with E-state index in [1.807, 2.05) is 6.07 Å². The molecule has 0 unspecified atom stereocenters. The Morgan fingerprint density at radius 1 is 0.625 bits per heavy atom. The summed E-state index contributed by atoms with van der Waals surface area (Å²) in [5.74, 6) is 2.11. The average Bonchev–Trinajstić information content (AvgIpc) is 3.31. The van der Waals surface area contributed by atoms with Crippen LogP contribution in [0.2, 0.25) is 0 Å². The lowest BCUT2D eigenvalue weighted by Gasteiger charge is -2.41. The molecule has 6 heteroatoms. The van der Waals surface area contributed by atoms with Gasteiger partial charge in [0.1, 0.15) is 6.61 Å². The first-order chi connectivity index (χ1) is 18.8. The quantitative estimate of drug-likeness (QED) is 0.340. The van der Waals surface area contributed by atoms with Gasteiger partial charge in [0, 0.05) is 38.6 Å². The number of hydrogen-bond donors (Lipinski definition) is 0. The molecule has 0 bridgehead atoms. The summed E-state index contributed by atoms with van der Waals surface area (Å²) in [4.78, 5) is 13.7. The number of carbonyl (C=O) groups is 1. The van der Waals surface area contributed by atoms with Crippen LogP contribution in [0, 0.1) is 10.8 Å². The number of fused-ring (bicyclic) bond motifs is 3. The van der Waals surface area contributed by atoms with Crippen molar-refractivity contribution in [2.75, 3.05) is 28.4 Å². The fraction of sp³-hybridized carbons (Fsp3) is 0.618. The van der Waals surface area contributed by atoms with Crippen LogP contribution < -0.4 is 18.9 Å². The Kier molecular flexibility index (Phi) is 6.87. The van der Waals surface area contributed by atoms with Gasteiger partial charge in [-0.25, -0.2) is 4.79 Å². The third kappa shape index (κ3) is 3.77. The lowest BCUT2D eigenvalue weighted by atomic mass is 9.64. The number of hydrogen-bond acceptors (Lipinski definition) is 6. The topological polar surface area (TPSA) is 63.2 Å². The summed E-state index contributed by atoms with van der Waals surface area (Å²) in [6.45, 7) is 14.0. The molecule has 2 aromatic rings. The number of methoxy groups -OCH3 is 4. The first kappa shape index (κ1) is 28.6. The molecule has 0 radical (unpaired) electrons. The van der Waals surface area contributed by atoms with Crippen LogP contribution in [0.25, 0.3) is 11.1 Å². The Bertz CT molecular complexity index is 1360. The van der Waals surface area contributed by atoms with Gasteiger partial charge in [-0.2, -0.15) is 0 Å². The molecule has 2 fully saturated rings. The van der Waals surface area contributed by atoms with Crippen molar-refractivity contribution in [1.82, 2.24) is 0 Å². The lowest BCUT2D eigenvalue weighted by molar-refractivity contribution is 0.0477. The Morgan fingerprint density at radius 2 is 1.07 bits per heavy atom. The molecule has 2 aliphatic carbocycles. The maximum atomic E-state index is 13.7. The fourth-order valence-corrected chi connectivity index (χ4v) is 7.96. The zero-order chi connectivity index (χ0) is 29.3. The molecule has 6 nitrogen and oxygen atoms in total. The molecule has 2 atom stereocenters. The molecule has 3 aliphatic rings. The third-order valence-electron chi connectivity index (χ3n) is 11.3. The van der Waals surface area contributed by atoms with Gasteiger partial charge >= 0.3 is 5.97 Å². The van der Waals surface area contributed by atoms with Gasteiger partial charge in [0.15, 0.2) is 23.0 Å². The van der Waals surface area contributed by atoms with Crippen LogP contribution in [0.4, 0.5) is 0 Å². The normalized spacial score (nSPS) is 26.4. The molecule has 0 spiro atoms. The van der Waals surface area contributed by atoms with Gasteiger partial charge in [-0.15, -0.1) is 0 Å². The summed E-state index contributed by atoms with van der Waals surface area (Å²) in [5.41, 5.74) is 4.58. The minimum absolute atomic E-state index is 0.0193. The van der Waals surface area contributed by atoms with Crippen molar-refractivity contribution >= 4 is 5.97 Å². The molecule has 0 saturated heterocycles. The van der Waals surface area contributed by atoms with Crippen LogP contribution in [0.3, 0.4) is 0 Å². The molecule has 5 rings (SSSR count). The zero-order valence-corrected chi connectivity index (χ0v) is 26.1. The molecule has 40 heavy (non-hydrogen) atoms. The highest BCUT2D eigenvalue weighted by atomic mass is 16.5. The van der Waals surface area contributed by atoms with Crippen LogP contribution in [-0.2, 0) is 22.2 Å². The standard InChI is InChI=1S/C34H46O6/c1-31(2)13-11-15-33(31,5)22-17-20-19-40-30(35)21-18-23(34(6)16-12-14-32(34,3)4)27(37-8)29(39-10)25(21)24(20)28(38-9)26(22)36-7/h17-18H,11-16,19H2,1-10H3/t33-,34-/m1/s1. The van der Waals surface area contributed by atoms with E-state index in [9.17, 15) is 4.79 Å². The van der Waals surface area contributed by atoms with Gasteiger partial charge in [0.25, 0.3) is 0 Å². The van der Waals surface area contributed by atoms with Gasteiger partial charge in [0.05, 0.1) is 34.0 Å². The zero-order valence-electron chi connectivity index (χ0n) is 26.1. The molecular formula is C34H46O6. The second kappa shape index (κ2) is 9.60. The molecule has 1 heterocycles. The number of cyclic esters (lactones) is 1. The molecule has 2 aromatic carbocycles. The van der Waals surface area contributed by atoms with Crippen LogP contribution in [0.15, 0.2) is 12.1 Å². The molecule has 0 amide bonds. The van der Waals surface area contributed by atoms with E-state index < -0.39 is 0 Å². The van der Waals surface area contributed by atoms with Crippen LogP contribution in [-0.4, -0.2) is 34.4 Å². The highest BCUT2D eigenvalue weighted by Crippen LogP contribution is 2.62. The first-order valence-corrected chi connectivity index (χ1v) is 14.6. The van der Waals surface area contributed by atoms with Gasteiger partial charge in [-0.3, -0.25) is 0 Å². The van der Waals surface area contributed by atoms with Gasteiger partial charge in [0.2, 0.25) is 0 Å². The van der Waals surface area contributed by atoms with Crippen molar-refractivity contribution in [3.05, 3.63) is 34.4 Å². The highest BCUT2D eigenvalue weighted by molar-refractivity contribution is 6.04. The number of rotatable bonds is 6. The summed E-state index contributed by atoms with van der Waals surface area (Å²) in [6, 6.07) is 4.16. The van der Waals surface area contributed by atoms with E-state index in [1.165, 1.54) is 0 Å². The van der Waals surface area contributed by atoms with E-state index in [1.54, 1.807) is 28.4 Å². The monoisotopic (exact) mass is 550 g/mol. The van der Waals surface area contributed by atoms with Crippen LogP contribution in [0.5, 0.6) is 23.0 Å². The third-order valence-corrected chi connectivity index (χ3v) is 11.3. The minimum Gasteiger partial charge on any atom is -0.493 e. The number of esters is 1. The second-order valence-electron chi connectivity index (χ2n) is 13.7. The Balaban J connectivity index is 1.87. The minimum atomic E-state index is -0.372. The summed E-state index contributed by atoms with van der Waals surface area (Å²) in [7, 11) is 6.68. The largest absolute Gasteiger partial charge is 0.493 e. The van der Waals surface area contributed by atoms with E-state index in [0.29, 0.717) is 34.1 Å². The maximum Gasteiger partial charge on any atom is 0.339 e. The van der Waals surface area contributed by atoms with E-state index in [4.69, 9.17) is 23.7 Å². The molecule has 0 N–H and O–H groups in total. The van der Waals surface area contributed by atoms with Crippen molar-refractivity contribution in [2.24, 2.45) is 10.8 Å². The average molecular weight is 551 g/mol. The summed E-state index contributed by atoms with van der Waals surface area (Å²) >= 11 is 0. The molecule has 1 aliphatic heterocycles. The van der Waals surface area contributed by atoms with Gasteiger partial charge in [-0.1, -0.05) is 54.4 Å². The summed E-state index contributed by atoms with van der Waals surface area (Å²) < 4.78 is 30.5. The molecule has 2 saturated carbocycles. The molecule has 0 aromatic heterocycles. The molecular weight excluding hydrogens is 504 g/mol. The summed E-state index contributed by atoms with van der Waals surface area (Å²) in [6.07, 6.45) is 6.53. The Morgan fingerprint density at radius 3 is 1.50 bits per heavy atom. The molecule has 218 valence electrons. The fourth-order valence-electron chi connectivity index (χ4n) is 7.96. The maximum absolute atomic E-state index is 13.7. The highest BCUT2D eigenvalue weighted by Gasteiger charge is 2.51. The van der Waals surface area contributed by atoms with Crippen molar-refractivity contribution < 1.29 is 28.5 Å². The SMILES string of the molecule is COc1c([C@@]2(C)CCCC2(C)C)cc2c(c1OC)-c1c(cc([C@@]3(C)CCCC3(C)C)c(OC)c1OC)C(=O)OC2. The predicted octanol–water partition coefficient (Wildman–Crippen LogP) is 7.99. The number of ether oxygens (including phenoxy) is 5. The second-order valence-corrected chi connectivity index (χ2v) is 13.7. The Labute approximate surface area is 239 Å². The van der Waals surface area contributed by atoms with E-state index in [2.05, 4.69) is 47.6 Å². The first-order valence-electron chi connectivity index (χ1n) is 14.6. The van der Waals surface area contributed by atoms with Crippen molar-refractivity contribution in [2.45, 2.75) is 97.5 Å². The number of benzene rings is 2. The predicted molar refractivity (Wildman–Crippen MR) is 157 cm³/mol. The van der Waals surface area contributed by atoms with E-state index >= 15 is 0 Å².